The summed E-state index contributed by atoms with van der Waals surface area (Å²) in [5.74, 6) is 0. The van der Waals surface area contributed by atoms with E-state index in [1.807, 2.05) is 12.3 Å². The van der Waals surface area contributed by atoms with Crippen LogP contribution in [-0.2, 0) is 0 Å². The third-order valence-electron chi connectivity index (χ3n) is 2.37. The lowest BCUT2D eigenvalue weighted by Crippen LogP contribution is -1.91. The number of fused-ring (bicyclic) bond motifs is 1. The van der Waals surface area contributed by atoms with Gasteiger partial charge in [-0.3, -0.25) is 0 Å². The number of nitrogens with zero attached hydrogens (tertiary/aromatic N) is 1. The maximum atomic E-state index is 6.32. The molecule has 0 saturated heterocycles. The van der Waals surface area contributed by atoms with Crippen LogP contribution in [0.3, 0.4) is 0 Å². The van der Waals surface area contributed by atoms with E-state index in [-0.39, 0.29) is 0 Å². The van der Waals surface area contributed by atoms with Crippen LogP contribution in [0, 0.1) is 2.88 Å². The summed E-state index contributed by atoms with van der Waals surface area (Å²) in [6.07, 6.45) is 3.58. The zero-order valence-corrected chi connectivity index (χ0v) is 12.2. The number of thiophene rings is 1. The van der Waals surface area contributed by atoms with Crippen LogP contribution in [0.5, 0.6) is 0 Å². The largest absolute Gasteiger partial charge is 0.352 e. The van der Waals surface area contributed by atoms with E-state index in [1.54, 1.807) is 17.5 Å². The number of H-pyrrole nitrogens is 1. The highest BCUT2D eigenvalue weighted by Gasteiger charge is 2.08. The molecule has 3 nitrogen and oxygen atoms in total. The Kier molecular flexibility index (Phi) is 2.97. The third kappa shape index (κ3) is 2.14. The summed E-state index contributed by atoms with van der Waals surface area (Å²) in [4.78, 5) is 7.34. The van der Waals surface area contributed by atoms with Crippen LogP contribution in [0.15, 0.2) is 29.9 Å². The number of pyridine rings is 1. The molecule has 0 aliphatic heterocycles. The Morgan fingerprint density at radius 2 is 2.35 bits per heavy atom. The maximum Gasteiger partial charge on any atom is 0.138 e. The van der Waals surface area contributed by atoms with Crippen molar-refractivity contribution in [2.75, 3.05) is 5.32 Å². The number of hydrogen-bond acceptors (Lipinski definition) is 3. The lowest BCUT2D eigenvalue weighted by Gasteiger charge is -2.06. The summed E-state index contributed by atoms with van der Waals surface area (Å²) in [7, 11) is 0. The normalized spacial score (nSPS) is 10.9. The van der Waals surface area contributed by atoms with Gasteiger partial charge in [0.25, 0.3) is 0 Å². The Labute approximate surface area is 120 Å². The van der Waals surface area contributed by atoms with Gasteiger partial charge in [0.2, 0.25) is 0 Å². The highest BCUT2D eigenvalue weighted by Crippen LogP contribution is 2.32. The van der Waals surface area contributed by atoms with E-state index in [0.717, 1.165) is 22.4 Å². The smallest absolute Gasteiger partial charge is 0.138 e. The lowest BCUT2D eigenvalue weighted by molar-refractivity contribution is 1.32. The van der Waals surface area contributed by atoms with Crippen molar-refractivity contribution >= 4 is 67.9 Å². The minimum absolute atomic E-state index is 0.692. The molecule has 0 saturated carbocycles. The number of nitrogens with one attached hydrogen (secondary N) is 2. The molecule has 3 heterocycles. The fourth-order valence-corrected chi connectivity index (χ4v) is 3.12. The number of aromatic nitrogens is 2. The maximum absolute atomic E-state index is 6.32. The number of aromatic amines is 1. The van der Waals surface area contributed by atoms with Crippen LogP contribution in [0.25, 0.3) is 11.0 Å². The summed E-state index contributed by atoms with van der Waals surface area (Å²) in [6, 6.07) is 4.00. The summed E-state index contributed by atoms with van der Waals surface area (Å²) in [5.41, 5.74) is 2.67. The molecule has 17 heavy (non-hydrogen) atoms. The summed E-state index contributed by atoms with van der Waals surface area (Å²) >= 11 is 10.3. The van der Waals surface area contributed by atoms with Crippen molar-refractivity contribution in [2.45, 2.75) is 0 Å². The molecular weight excluding hydrogens is 369 g/mol. The number of rotatable bonds is 2. The second-order valence-electron chi connectivity index (χ2n) is 3.49. The Hall–Kier alpha value is -0.790. The molecule has 6 heteroatoms. The highest BCUT2D eigenvalue weighted by atomic mass is 127. The molecule has 3 rings (SSSR count). The van der Waals surface area contributed by atoms with Crippen molar-refractivity contribution in [3.63, 3.8) is 0 Å². The standard InChI is InChI=1S/C11H7ClIN3S/c12-10-7-1-2-14-11(7)15-4-8(10)16-6-3-9(13)17-5-6/h1-5,16H,(H,14,15). The van der Waals surface area contributed by atoms with Gasteiger partial charge in [0, 0.05) is 17.0 Å². The first-order valence-electron chi connectivity index (χ1n) is 4.86. The Morgan fingerprint density at radius 3 is 3.12 bits per heavy atom. The molecule has 0 spiro atoms. The van der Waals surface area contributed by atoms with Gasteiger partial charge >= 0.3 is 0 Å². The van der Waals surface area contributed by atoms with Gasteiger partial charge in [0.05, 0.1) is 25.5 Å². The molecule has 0 aliphatic rings. The van der Waals surface area contributed by atoms with E-state index in [4.69, 9.17) is 11.6 Å². The van der Waals surface area contributed by atoms with Gasteiger partial charge < -0.3 is 10.3 Å². The van der Waals surface area contributed by atoms with Crippen LogP contribution in [0.1, 0.15) is 0 Å². The number of hydrogen-bond donors (Lipinski definition) is 2. The molecule has 86 valence electrons. The van der Waals surface area contributed by atoms with Crippen molar-refractivity contribution in [3.05, 3.63) is 37.8 Å². The van der Waals surface area contributed by atoms with E-state index in [9.17, 15) is 0 Å². The molecule has 0 radical (unpaired) electrons. The molecule has 0 aliphatic carbocycles. The van der Waals surface area contributed by atoms with Gasteiger partial charge in [-0.05, 0) is 34.7 Å². The van der Waals surface area contributed by atoms with Crippen LogP contribution in [0.4, 0.5) is 11.4 Å². The quantitative estimate of drug-likeness (QED) is 0.641. The second kappa shape index (κ2) is 4.47. The van der Waals surface area contributed by atoms with Crippen molar-refractivity contribution in [1.82, 2.24) is 9.97 Å². The first kappa shape index (κ1) is 11.3. The molecule has 0 unspecified atom stereocenters. The Balaban J connectivity index is 2.02. The average molecular weight is 376 g/mol. The number of halogens is 2. The van der Waals surface area contributed by atoms with Gasteiger partial charge in [0.15, 0.2) is 0 Å². The summed E-state index contributed by atoms with van der Waals surface area (Å²) < 4.78 is 1.23. The molecule has 0 amide bonds. The van der Waals surface area contributed by atoms with Gasteiger partial charge in [-0.15, -0.1) is 11.3 Å². The Morgan fingerprint density at radius 1 is 1.47 bits per heavy atom. The van der Waals surface area contributed by atoms with Gasteiger partial charge in [-0.25, -0.2) is 4.98 Å². The monoisotopic (exact) mass is 375 g/mol. The minimum Gasteiger partial charge on any atom is -0.352 e. The van der Waals surface area contributed by atoms with E-state index in [1.165, 1.54) is 2.88 Å². The molecular formula is C11H7ClIN3S. The van der Waals surface area contributed by atoms with Gasteiger partial charge in [0.1, 0.15) is 5.65 Å². The molecule has 2 N–H and O–H groups in total. The molecule has 0 bridgehead atoms. The van der Waals surface area contributed by atoms with Gasteiger partial charge in [-0.2, -0.15) is 0 Å². The molecule has 3 aromatic rings. The van der Waals surface area contributed by atoms with E-state index < -0.39 is 0 Å². The van der Waals surface area contributed by atoms with Crippen LogP contribution in [0.2, 0.25) is 5.02 Å². The van der Waals surface area contributed by atoms with Crippen molar-refractivity contribution in [1.29, 1.82) is 0 Å². The Bertz CT molecular complexity index is 676. The zero-order valence-electron chi connectivity index (χ0n) is 8.50. The van der Waals surface area contributed by atoms with Crippen LogP contribution >= 0.6 is 45.5 Å². The fourth-order valence-electron chi connectivity index (χ4n) is 1.59. The van der Waals surface area contributed by atoms with Crippen LogP contribution in [-0.4, -0.2) is 9.97 Å². The van der Waals surface area contributed by atoms with Gasteiger partial charge in [-0.1, -0.05) is 11.6 Å². The molecule has 0 fully saturated rings. The van der Waals surface area contributed by atoms with Crippen LogP contribution < -0.4 is 5.32 Å². The van der Waals surface area contributed by atoms with Crippen molar-refractivity contribution < 1.29 is 0 Å². The minimum atomic E-state index is 0.692. The summed E-state index contributed by atoms with van der Waals surface area (Å²) in [6.45, 7) is 0. The van der Waals surface area contributed by atoms with E-state index in [2.05, 4.69) is 49.3 Å². The highest BCUT2D eigenvalue weighted by molar-refractivity contribution is 14.1. The topological polar surface area (TPSA) is 40.7 Å². The number of anilines is 2. The molecule has 0 aromatic carbocycles. The third-order valence-corrected chi connectivity index (χ3v) is 4.56. The summed E-state index contributed by atoms with van der Waals surface area (Å²) in [5, 5.41) is 6.95. The fraction of sp³-hybridized carbons (Fsp3) is 0. The second-order valence-corrected chi connectivity index (χ2v) is 6.67. The van der Waals surface area contributed by atoms with E-state index >= 15 is 0 Å². The van der Waals surface area contributed by atoms with Crippen molar-refractivity contribution in [2.24, 2.45) is 0 Å². The molecule has 0 atom stereocenters. The zero-order chi connectivity index (χ0) is 11.8. The van der Waals surface area contributed by atoms with Crippen molar-refractivity contribution in [3.8, 4) is 0 Å². The lowest BCUT2D eigenvalue weighted by atomic mass is 10.3. The average Bonchev–Trinajstić information content (AvgIpc) is 2.92. The predicted octanol–water partition coefficient (Wildman–Crippen LogP) is 4.63. The SMILES string of the molecule is Clc1c(Nc2csc(I)c2)cnc2[nH]ccc12. The first-order chi connectivity index (χ1) is 8.24. The first-order valence-corrected chi connectivity index (χ1v) is 7.20. The predicted molar refractivity (Wildman–Crippen MR) is 81.4 cm³/mol. The van der Waals surface area contributed by atoms with E-state index in [0.29, 0.717) is 5.02 Å². The molecule has 3 aromatic heterocycles.